The van der Waals surface area contributed by atoms with Crippen LogP contribution in [0.2, 0.25) is 0 Å². The van der Waals surface area contributed by atoms with Gasteiger partial charge in [-0.1, -0.05) is 0 Å². The molecule has 9 heteroatoms. The molecule has 0 bridgehead atoms. The number of aliphatic carboxylic acids is 1. The summed E-state index contributed by atoms with van der Waals surface area (Å²) in [5.74, 6) is -2.99. The van der Waals surface area contributed by atoms with E-state index in [-0.39, 0.29) is 0 Å². The zero-order chi connectivity index (χ0) is 16.2. The Balaban J connectivity index is 2.87. The fourth-order valence-corrected chi connectivity index (χ4v) is 1.49. The Morgan fingerprint density at radius 2 is 1.95 bits per heavy atom. The molecule has 0 heterocycles. The maximum Gasteiger partial charge on any atom is 0.416 e. The number of benzene rings is 1. The number of anilines is 1. The van der Waals surface area contributed by atoms with Gasteiger partial charge in [0.2, 0.25) is 5.91 Å². The zero-order valence-electron chi connectivity index (χ0n) is 10.8. The molecule has 116 valence electrons. The Bertz CT molecular complexity index is 546. The number of alkyl halides is 3. The van der Waals surface area contributed by atoms with Crippen LogP contribution in [0.4, 0.5) is 23.2 Å². The van der Waals surface area contributed by atoms with Gasteiger partial charge in [0.05, 0.1) is 11.3 Å². The van der Waals surface area contributed by atoms with Crippen LogP contribution in [-0.2, 0) is 15.8 Å². The summed E-state index contributed by atoms with van der Waals surface area (Å²) in [5, 5.41) is 13.1. The molecule has 3 N–H and O–H groups in total. The highest BCUT2D eigenvalue weighted by molar-refractivity contribution is 5.82. The molecule has 0 aliphatic heterocycles. The van der Waals surface area contributed by atoms with Gasteiger partial charge in [-0.05, 0) is 18.2 Å². The molecule has 1 unspecified atom stereocenters. The number of hydrogen-bond donors (Lipinski definition) is 3. The van der Waals surface area contributed by atoms with Crippen molar-refractivity contribution >= 4 is 17.6 Å². The first-order chi connectivity index (χ1) is 9.61. The molecule has 5 nitrogen and oxygen atoms in total. The van der Waals surface area contributed by atoms with Crippen molar-refractivity contribution in [1.82, 2.24) is 5.32 Å². The van der Waals surface area contributed by atoms with Crippen LogP contribution >= 0.6 is 0 Å². The van der Waals surface area contributed by atoms with Crippen molar-refractivity contribution in [2.75, 3.05) is 11.9 Å². The fourth-order valence-electron chi connectivity index (χ4n) is 1.49. The average Bonchev–Trinajstić information content (AvgIpc) is 2.33. The minimum atomic E-state index is -4.64. The Labute approximate surface area is 117 Å². The summed E-state index contributed by atoms with van der Waals surface area (Å²) in [6.07, 6.45) is -4.64. The van der Waals surface area contributed by atoms with E-state index >= 15 is 0 Å². The number of hydrogen-bond acceptors (Lipinski definition) is 3. The third kappa shape index (κ3) is 4.93. The van der Waals surface area contributed by atoms with Crippen LogP contribution in [0.25, 0.3) is 0 Å². The summed E-state index contributed by atoms with van der Waals surface area (Å²) in [6, 6.07) is 0.334. The summed E-state index contributed by atoms with van der Waals surface area (Å²) >= 11 is 0. The van der Waals surface area contributed by atoms with E-state index < -0.39 is 47.7 Å². The number of carboxylic acid groups (broad SMARTS) is 1. The molecule has 1 aromatic rings. The van der Waals surface area contributed by atoms with Crippen molar-refractivity contribution in [2.24, 2.45) is 0 Å². The highest BCUT2D eigenvalue weighted by atomic mass is 19.4. The molecule has 0 saturated heterocycles. The monoisotopic (exact) mass is 308 g/mol. The predicted octanol–water partition coefficient (Wildman–Crippen LogP) is 1.85. The Morgan fingerprint density at radius 1 is 1.33 bits per heavy atom. The molecule has 0 saturated carbocycles. The van der Waals surface area contributed by atoms with Crippen molar-refractivity contribution in [2.45, 2.75) is 19.1 Å². The number of carbonyl (C=O) groups is 2. The average molecular weight is 308 g/mol. The molecule has 1 amide bonds. The van der Waals surface area contributed by atoms with E-state index in [0.29, 0.717) is 18.2 Å². The van der Waals surface area contributed by atoms with Gasteiger partial charge in [0.25, 0.3) is 0 Å². The molecule has 1 aromatic carbocycles. The quantitative estimate of drug-likeness (QED) is 0.725. The second-order valence-electron chi connectivity index (χ2n) is 4.16. The van der Waals surface area contributed by atoms with Gasteiger partial charge in [-0.15, -0.1) is 0 Å². The number of nitrogens with one attached hydrogen (secondary N) is 2. The van der Waals surface area contributed by atoms with Crippen LogP contribution in [0.15, 0.2) is 18.2 Å². The molecule has 0 fully saturated rings. The summed E-state index contributed by atoms with van der Waals surface area (Å²) in [7, 11) is 0. The molecule has 0 aliphatic rings. The van der Waals surface area contributed by atoms with E-state index in [1.165, 1.54) is 0 Å². The van der Waals surface area contributed by atoms with Crippen LogP contribution in [0.5, 0.6) is 0 Å². The Morgan fingerprint density at radius 3 is 2.43 bits per heavy atom. The van der Waals surface area contributed by atoms with E-state index in [2.05, 4.69) is 10.6 Å². The van der Waals surface area contributed by atoms with Crippen LogP contribution in [-0.4, -0.2) is 29.6 Å². The lowest BCUT2D eigenvalue weighted by Gasteiger charge is -2.16. The molecular weight excluding hydrogens is 296 g/mol. The van der Waals surface area contributed by atoms with Crippen molar-refractivity contribution in [1.29, 1.82) is 0 Å². The summed E-state index contributed by atoms with van der Waals surface area (Å²) < 4.78 is 50.9. The van der Waals surface area contributed by atoms with Gasteiger partial charge in [0.1, 0.15) is 11.9 Å². The fraction of sp³-hybridized carbons (Fsp3) is 0.333. The summed E-state index contributed by atoms with van der Waals surface area (Å²) in [5.41, 5.74) is -1.57. The topological polar surface area (TPSA) is 78.4 Å². The van der Waals surface area contributed by atoms with Crippen LogP contribution in [0.3, 0.4) is 0 Å². The molecular formula is C12H12F4N2O3. The van der Waals surface area contributed by atoms with Gasteiger partial charge >= 0.3 is 12.1 Å². The van der Waals surface area contributed by atoms with E-state index in [4.69, 9.17) is 5.11 Å². The lowest BCUT2D eigenvalue weighted by molar-refractivity contribution is -0.141. The first-order valence-electron chi connectivity index (χ1n) is 5.71. The molecule has 0 spiro atoms. The van der Waals surface area contributed by atoms with E-state index in [1.54, 1.807) is 0 Å². The predicted molar refractivity (Wildman–Crippen MR) is 65.1 cm³/mol. The van der Waals surface area contributed by atoms with Crippen LogP contribution in [0.1, 0.15) is 12.5 Å². The molecule has 0 radical (unpaired) electrons. The van der Waals surface area contributed by atoms with Gasteiger partial charge in [0.15, 0.2) is 0 Å². The molecule has 0 aliphatic carbocycles. The minimum Gasteiger partial charge on any atom is -0.480 e. The van der Waals surface area contributed by atoms with Crippen molar-refractivity contribution in [3.63, 3.8) is 0 Å². The highest BCUT2D eigenvalue weighted by Crippen LogP contribution is 2.31. The number of amides is 1. The van der Waals surface area contributed by atoms with Crippen molar-refractivity contribution in [3.05, 3.63) is 29.6 Å². The van der Waals surface area contributed by atoms with E-state index in [9.17, 15) is 27.2 Å². The minimum absolute atomic E-state index is 0.465. The van der Waals surface area contributed by atoms with Crippen LogP contribution < -0.4 is 10.6 Å². The molecule has 0 aromatic heterocycles. The highest BCUT2D eigenvalue weighted by Gasteiger charge is 2.31. The maximum atomic E-state index is 13.4. The molecule has 1 atom stereocenters. The van der Waals surface area contributed by atoms with E-state index in [0.717, 1.165) is 6.92 Å². The lowest BCUT2D eigenvalue weighted by Crippen LogP contribution is -2.44. The third-order valence-corrected chi connectivity index (χ3v) is 2.47. The normalized spacial score (nSPS) is 12.6. The maximum absolute atomic E-state index is 13.4. The number of carbonyl (C=O) groups excluding carboxylic acids is 1. The van der Waals surface area contributed by atoms with Crippen molar-refractivity contribution in [3.8, 4) is 0 Å². The number of halogens is 4. The van der Waals surface area contributed by atoms with Gasteiger partial charge in [-0.3, -0.25) is 4.79 Å². The largest absolute Gasteiger partial charge is 0.480 e. The third-order valence-electron chi connectivity index (χ3n) is 2.47. The summed E-state index contributed by atoms with van der Waals surface area (Å²) in [6.45, 7) is 0.619. The Hall–Kier alpha value is -2.32. The molecule has 1 rings (SSSR count). The second kappa shape index (κ2) is 6.42. The Kier molecular flexibility index (Phi) is 5.12. The van der Waals surface area contributed by atoms with Gasteiger partial charge in [0, 0.05) is 13.5 Å². The van der Waals surface area contributed by atoms with E-state index in [1.807, 2.05) is 0 Å². The van der Waals surface area contributed by atoms with Gasteiger partial charge in [-0.25, -0.2) is 9.18 Å². The van der Waals surface area contributed by atoms with Gasteiger partial charge in [-0.2, -0.15) is 13.2 Å². The lowest BCUT2D eigenvalue weighted by atomic mass is 10.1. The first kappa shape index (κ1) is 16.7. The number of rotatable bonds is 5. The standard InChI is InChI=1S/C12H12F4N2O3/c1-6(19)18-10(11(20)21)5-17-9-4-7(12(14,15)16)2-3-8(9)13/h2-4,10,17H,5H2,1H3,(H,18,19)(H,20,21). The van der Waals surface area contributed by atoms with Crippen molar-refractivity contribution < 1.29 is 32.3 Å². The zero-order valence-corrected chi connectivity index (χ0v) is 10.8. The SMILES string of the molecule is CC(=O)NC(CNc1cc(C(F)(F)F)ccc1F)C(=O)O. The second-order valence-corrected chi connectivity index (χ2v) is 4.16. The van der Waals surface area contributed by atoms with Gasteiger partial charge < -0.3 is 15.7 Å². The smallest absolute Gasteiger partial charge is 0.416 e. The number of carboxylic acids is 1. The molecule has 21 heavy (non-hydrogen) atoms. The van der Waals surface area contributed by atoms with Crippen LogP contribution in [0, 0.1) is 5.82 Å². The first-order valence-corrected chi connectivity index (χ1v) is 5.71. The summed E-state index contributed by atoms with van der Waals surface area (Å²) in [4.78, 5) is 21.6.